The van der Waals surface area contributed by atoms with E-state index in [1.807, 2.05) is 12.1 Å². The lowest BCUT2D eigenvalue weighted by Crippen LogP contribution is -2.34. The van der Waals surface area contributed by atoms with E-state index in [0.29, 0.717) is 6.54 Å². The van der Waals surface area contributed by atoms with E-state index in [1.165, 1.54) is 44.2 Å². The molecule has 0 aromatic heterocycles. The van der Waals surface area contributed by atoms with Crippen molar-refractivity contribution in [1.82, 2.24) is 4.90 Å². The van der Waals surface area contributed by atoms with E-state index in [-0.39, 0.29) is 11.9 Å². The molecule has 2 unspecified atom stereocenters. The van der Waals surface area contributed by atoms with E-state index in [0.717, 1.165) is 24.6 Å². The number of benzene rings is 1. The van der Waals surface area contributed by atoms with Gasteiger partial charge in [0, 0.05) is 12.6 Å². The molecule has 0 radical (unpaired) electrons. The van der Waals surface area contributed by atoms with Gasteiger partial charge in [0.15, 0.2) is 0 Å². The summed E-state index contributed by atoms with van der Waals surface area (Å²) in [6.07, 6.45) is 6.49. The largest absolute Gasteiger partial charge is 0.329 e. The summed E-state index contributed by atoms with van der Waals surface area (Å²) in [5, 5.41) is 0. The van der Waals surface area contributed by atoms with Crippen LogP contribution in [0.3, 0.4) is 0 Å². The van der Waals surface area contributed by atoms with E-state index in [2.05, 4.69) is 11.8 Å². The van der Waals surface area contributed by atoms with Gasteiger partial charge in [0.1, 0.15) is 5.82 Å². The molecule has 0 saturated carbocycles. The zero-order valence-electron chi connectivity index (χ0n) is 12.5. The second kappa shape index (κ2) is 7.75. The Bertz CT molecular complexity index is 390. The fourth-order valence-corrected chi connectivity index (χ4v) is 3.38. The predicted octanol–water partition coefficient (Wildman–Crippen LogP) is 3.73. The SMILES string of the molecule is CCCC1CCCN(C(CN)c2ccc(F)cc2)CC1. The lowest BCUT2D eigenvalue weighted by Gasteiger charge is -2.30. The summed E-state index contributed by atoms with van der Waals surface area (Å²) in [5.41, 5.74) is 7.12. The Morgan fingerprint density at radius 2 is 2.00 bits per heavy atom. The molecule has 2 atom stereocenters. The predicted molar refractivity (Wildman–Crippen MR) is 82.0 cm³/mol. The van der Waals surface area contributed by atoms with Crippen LogP contribution >= 0.6 is 0 Å². The number of halogens is 1. The smallest absolute Gasteiger partial charge is 0.123 e. The van der Waals surface area contributed by atoms with Crippen molar-refractivity contribution in [1.29, 1.82) is 0 Å². The minimum Gasteiger partial charge on any atom is -0.329 e. The van der Waals surface area contributed by atoms with Gasteiger partial charge in [-0.15, -0.1) is 0 Å². The summed E-state index contributed by atoms with van der Waals surface area (Å²) in [6.45, 7) is 5.09. The van der Waals surface area contributed by atoms with Crippen molar-refractivity contribution >= 4 is 0 Å². The van der Waals surface area contributed by atoms with Gasteiger partial charge in [0.25, 0.3) is 0 Å². The molecule has 2 N–H and O–H groups in total. The molecule has 1 aromatic rings. The molecule has 20 heavy (non-hydrogen) atoms. The third kappa shape index (κ3) is 4.03. The summed E-state index contributed by atoms with van der Waals surface area (Å²) in [5.74, 6) is 0.694. The van der Waals surface area contributed by atoms with Crippen LogP contribution in [0.25, 0.3) is 0 Å². The Hall–Kier alpha value is -0.930. The number of likely N-dealkylation sites (tertiary alicyclic amines) is 1. The fraction of sp³-hybridized carbons (Fsp3) is 0.647. The summed E-state index contributed by atoms with van der Waals surface area (Å²) < 4.78 is 13.1. The summed E-state index contributed by atoms with van der Waals surface area (Å²) >= 11 is 0. The van der Waals surface area contributed by atoms with Gasteiger partial charge in [-0.05, 0) is 56.0 Å². The maximum Gasteiger partial charge on any atom is 0.123 e. The number of hydrogen-bond acceptors (Lipinski definition) is 2. The van der Waals surface area contributed by atoms with Crippen LogP contribution in [0.4, 0.5) is 4.39 Å². The van der Waals surface area contributed by atoms with Crippen molar-refractivity contribution in [2.45, 2.75) is 45.1 Å². The topological polar surface area (TPSA) is 29.3 Å². The Kier molecular flexibility index (Phi) is 5.99. The monoisotopic (exact) mass is 278 g/mol. The molecule has 1 aliphatic heterocycles. The second-order valence-electron chi connectivity index (χ2n) is 5.92. The van der Waals surface area contributed by atoms with E-state index < -0.39 is 0 Å². The highest BCUT2D eigenvalue weighted by atomic mass is 19.1. The van der Waals surface area contributed by atoms with Gasteiger partial charge in [0.05, 0.1) is 0 Å². The van der Waals surface area contributed by atoms with Crippen LogP contribution in [0, 0.1) is 11.7 Å². The first-order chi connectivity index (χ1) is 9.74. The molecule has 1 aromatic carbocycles. The van der Waals surface area contributed by atoms with Gasteiger partial charge >= 0.3 is 0 Å². The molecule has 0 spiro atoms. The molecule has 0 bridgehead atoms. The van der Waals surface area contributed by atoms with Crippen molar-refractivity contribution < 1.29 is 4.39 Å². The molecule has 2 nitrogen and oxygen atoms in total. The van der Waals surface area contributed by atoms with Crippen LogP contribution in [0.5, 0.6) is 0 Å². The lowest BCUT2D eigenvalue weighted by atomic mass is 9.96. The van der Waals surface area contributed by atoms with Crippen LogP contribution in [-0.4, -0.2) is 24.5 Å². The third-order valence-electron chi connectivity index (χ3n) is 4.50. The van der Waals surface area contributed by atoms with Crippen LogP contribution < -0.4 is 5.73 Å². The van der Waals surface area contributed by atoms with E-state index in [1.54, 1.807) is 0 Å². The zero-order chi connectivity index (χ0) is 14.4. The van der Waals surface area contributed by atoms with Crippen molar-refractivity contribution in [3.05, 3.63) is 35.6 Å². The average Bonchev–Trinajstić information content (AvgIpc) is 2.68. The highest BCUT2D eigenvalue weighted by molar-refractivity contribution is 5.20. The number of nitrogens with zero attached hydrogens (tertiary/aromatic N) is 1. The molecule has 0 amide bonds. The van der Waals surface area contributed by atoms with Crippen molar-refractivity contribution in [3.8, 4) is 0 Å². The van der Waals surface area contributed by atoms with Gasteiger partial charge in [-0.2, -0.15) is 0 Å². The van der Waals surface area contributed by atoms with E-state index in [4.69, 9.17) is 5.73 Å². The van der Waals surface area contributed by atoms with Gasteiger partial charge in [0.2, 0.25) is 0 Å². The molecular formula is C17H27FN2. The van der Waals surface area contributed by atoms with Gasteiger partial charge < -0.3 is 5.73 Å². The quantitative estimate of drug-likeness (QED) is 0.889. The first-order valence-electron chi connectivity index (χ1n) is 7.94. The highest BCUT2D eigenvalue weighted by Crippen LogP contribution is 2.27. The van der Waals surface area contributed by atoms with Crippen LogP contribution in [0.15, 0.2) is 24.3 Å². The normalized spacial score (nSPS) is 22.4. The minimum absolute atomic E-state index is 0.177. The second-order valence-corrected chi connectivity index (χ2v) is 5.92. The minimum atomic E-state index is -0.177. The Morgan fingerprint density at radius 3 is 2.65 bits per heavy atom. The Labute approximate surface area is 122 Å². The van der Waals surface area contributed by atoms with Gasteiger partial charge in [-0.1, -0.05) is 31.9 Å². The van der Waals surface area contributed by atoms with Crippen LogP contribution in [-0.2, 0) is 0 Å². The number of rotatable bonds is 5. The Balaban J connectivity index is 2.02. The first kappa shape index (κ1) is 15.5. The van der Waals surface area contributed by atoms with Crippen LogP contribution in [0.2, 0.25) is 0 Å². The average molecular weight is 278 g/mol. The molecule has 1 saturated heterocycles. The van der Waals surface area contributed by atoms with Crippen LogP contribution in [0.1, 0.15) is 50.6 Å². The first-order valence-corrected chi connectivity index (χ1v) is 7.94. The van der Waals surface area contributed by atoms with Gasteiger partial charge in [-0.25, -0.2) is 4.39 Å². The number of nitrogens with two attached hydrogens (primary N) is 1. The summed E-state index contributed by atoms with van der Waals surface area (Å²) in [7, 11) is 0. The summed E-state index contributed by atoms with van der Waals surface area (Å²) in [4.78, 5) is 2.49. The summed E-state index contributed by atoms with van der Waals surface area (Å²) in [6, 6.07) is 7.06. The van der Waals surface area contributed by atoms with E-state index in [9.17, 15) is 4.39 Å². The number of hydrogen-bond donors (Lipinski definition) is 1. The van der Waals surface area contributed by atoms with Crippen molar-refractivity contribution in [3.63, 3.8) is 0 Å². The van der Waals surface area contributed by atoms with Crippen molar-refractivity contribution in [2.75, 3.05) is 19.6 Å². The van der Waals surface area contributed by atoms with Crippen molar-refractivity contribution in [2.24, 2.45) is 11.7 Å². The zero-order valence-corrected chi connectivity index (χ0v) is 12.5. The molecule has 1 aliphatic rings. The van der Waals surface area contributed by atoms with Gasteiger partial charge in [-0.3, -0.25) is 4.90 Å². The maximum atomic E-state index is 13.1. The molecular weight excluding hydrogens is 251 g/mol. The molecule has 1 fully saturated rings. The maximum absolute atomic E-state index is 13.1. The third-order valence-corrected chi connectivity index (χ3v) is 4.50. The highest BCUT2D eigenvalue weighted by Gasteiger charge is 2.23. The Morgan fingerprint density at radius 1 is 1.25 bits per heavy atom. The lowest BCUT2D eigenvalue weighted by molar-refractivity contribution is 0.206. The molecule has 2 rings (SSSR count). The molecule has 3 heteroatoms. The molecule has 1 heterocycles. The molecule has 112 valence electrons. The van der Waals surface area contributed by atoms with E-state index >= 15 is 0 Å². The molecule has 0 aliphatic carbocycles. The standard InChI is InChI=1S/C17H27FN2/c1-2-4-14-5-3-11-20(12-10-14)17(13-19)15-6-8-16(18)9-7-15/h6-9,14,17H,2-5,10-13,19H2,1H3. The fourth-order valence-electron chi connectivity index (χ4n) is 3.38.